The highest BCUT2D eigenvalue weighted by Crippen LogP contribution is 2.50. The van der Waals surface area contributed by atoms with Crippen molar-refractivity contribution in [3.63, 3.8) is 0 Å². The highest BCUT2D eigenvalue weighted by Gasteiger charge is 2.43. The van der Waals surface area contributed by atoms with Crippen LogP contribution >= 0.6 is 0 Å². The molecule has 0 saturated carbocycles. The number of nitrogens with zero attached hydrogens (tertiary/aromatic N) is 1. The van der Waals surface area contributed by atoms with E-state index in [4.69, 9.17) is 0 Å². The fourth-order valence-electron chi connectivity index (χ4n) is 5.10. The zero-order chi connectivity index (χ0) is 24.8. The van der Waals surface area contributed by atoms with Crippen LogP contribution in [0.15, 0.2) is 42.0 Å². The number of methoxy groups -OCH3 is 1. The van der Waals surface area contributed by atoms with Crippen molar-refractivity contribution in [2.45, 2.75) is 51.4 Å². The van der Waals surface area contributed by atoms with E-state index in [1.165, 1.54) is 33.1 Å². The monoisotopic (exact) mass is 473 g/mol. The van der Waals surface area contributed by atoms with E-state index in [0.717, 1.165) is 29.3 Å². The van der Waals surface area contributed by atoms with Gasteiger partial charge in [-0.05, 0) is 80.2 Å². The molecule has 3 nitrogen and oxygen atoms in total. The van der Waals surface area contributed by atoms with Gasteiger partial charge in [0.25, 0.3) is 0 Å². The molecule has 0 radical (unpaired) electrons. The maximum absolute atomic E-state index is 15.5. The van der Waals surface area contributed by atoms with Crippen molar-refractivity contribution in [2.24, 2.45) is 0 Å². The van der Waals surface area contributed by atoms with Crippen LogP contribution in [-0.4, -0.2) is 36.2 Å². The van der Waals surface area contributed by atoms with Crippen LogP contribution in [0.1, 0.15) is 55.5 Å². The first-order valence-corrected chi connectivity index (χ1v) is 11.2. The summed E-state index contributed by atoms with van der Waals surface area (Å²) in [7, 11) is 1.20. The van der Waals surface area contributed by atoms with Crippen LogP contribution in [0.5, 0.6) is 0 Å². The lowest BCUT2D eigenvalue weighted by Gasteiger charge is -2.44. The number of rotatable bonds is 5. The Morgan fingerprint density at radius 3 is 2.47 bits per heavy atom. The lowest BCUT2D eigenvalue weighted by Crippen LogP contribution is -2.47. The van der Waals surface area contributed by atoms with Gasteiger partial charge in [0.15, 0.2) is 0 Å². The molecule has 2 aliphatic rings. The lowest BCUT2D eigenvalue weighted by molar-refractivity contribution is -0.134. The average Bonchev–Trinajstić information content (AvgIpc) is 3.11. The van der Waals surface area contributed by atoms with E-state index in [2.05, 4.69) is 4.74 Å². The number of hydrogen-bond acceptors (Lipinski definition) is 3. The molecular formula is C27H27F4NO2. The summed E-state index contributed by atoms with van der Waals surface area (Å²) >= 11 is 0. The molecule has 1 heterocycles. The summed E-state index contributed by atoms with van der Waals surface area (Å²) in [5, 5.41) is 0. The third-order valence-corrected chi connectivity index (χ3v) is 6.44. The number of hydrogen-bond donors (Lipinski definition) is 0. The molecule has 2 atom stereocenters. The van der Waals surface area contributed by atoms with E-state index >= 15 is 8.78 Å². The van der Waals surface area contributed by atoms with Crippen LogP contribution in [0.3, 0.4) is 0 Å². The van der Waals surface area contributed by atoms with Gasteiger partial charge in [-0.1, -0.05) is 12.1 Å². The SMILES string of the molecule is COC(=O)/C=C/c1cc(F)c([C@H]2C3=C(C[C@H](C)N2CC(C)(C)F)c2c(F)cccc2C3)c(F)c1. The molecule has 0 N–H and O–H groups in total. The van der Waals surface area contributed by atoms with Gasteiger partial charge in [-0.3, -0.25) is 4.90 Å². The Balaban J connectivity index is 1.86. The van der Waals surface area contributed by atoms with Crippen molar-refractivity contribution in [3.8, 4) is 0 Å². The van der Waals surface area contributed by atoms with Gasteiger partial charge >= 0.3 is 5.97 Å². The average molecular weight is 474 g/mol. The third kappa shape index (κ3) is 4.53. The molecule has 1 aliphatic carbocycles. The molecule has 2 aromatic rings. The Hall–Kier alpha value is -2.93. The van der Waals surface area contributed by atoms with Gasteiger partial charge in [0.05, 0.1) is 13.2 Å². The number of halogens is 4. The number of alkyl halides is 1. The number of esters is 1. The van der Waals surface area contributed by atoms with E-state index in [9.17, 15) is 13.6 Å². The van der Waals surface area contributed by atoms with Crippen LogP contribution in [0.4, 0.5) is 17.6 Å². The molecule has 1 aliphatic heterocycles. The topological polar surface area (TPSA) is 29.5 Å². The van der Waals surface area contributed by atoms with Crippen molar-refractivity contribution in [2.75, 3.05) is 13.7 Å². The maximum atomic E-state index is 15.5. The summed E-state index contributed by atoms with van der Waals surface area (Å²) in [4.78, 5) is 13.1. The van der Waals surface area contributed by atoms with Crippen LogP contribution in [-0.2, 0) is 16.0 Å². The summed E-state index contributed by atoms with van der Waals surface area (Å²) in [5.74, 6) is -2.64. The van der Waals surface area contributed by atoms with Crippen molar-refractivity contribution >= 4 is 17.6 Å². The fraction of sp³-hybridized carbons (Fsp3) is 0.370. The van der Waals surface area contributed by atoms with Crippen LogP contribution in [0.2, 0.25) is 0 Å². The number of ether oxygens (including phenoxy) is 1. The molecule has 0 saturated heterocycles. The normalized spacial score (nSPS) is 20.6. The van der Waals surface area contributed by atoms with Crippen molar-refractivity contribution in [3.05, 3.63) is 81.7 Å². The molecule has 2 aromatic carbocycles. The van der Waals surface area contributed by atoms with Gasteiger partial charge in [-0.15, -0.1) is 0 Å². The first kappa shape index (κ1) is 24.2. The molecular weight excluding hydrogens is 446 g/mol. The Bertz CT molecular complexity index is 1170. The van der Waals surface area contributed by atoms with E-state index in [1.54, 1.807) is 11.0 Å². The Morgan fingerprint density at radius 2 is 1.85 bits per heavy atom. The Kier molecular flexibility index (Phi) is 6.42. The highest BCUT2D eigenvalue weighted by atomic mass is 19.1. The van der Waals surface area contributed by atoms with Gasteiger partial charge < -0.3 is 4.74 Å². The molecule has 0 bridgehead atoms. The Labute approximate surface area is 196 Å². The van der Waals surface area contributed by atoms with Gasteiger partial charge in [-0.2, -0.15) is 0 Å². The smallest absolute Gasteiger partial charge is 0.330 e. The molecule has 0 spiro atoms. The molecule has 0 fully saturated rings. The first-order valence-electron chi connectivity index (χ1n) is 11.2. The molecule has 7 heteroatoms. The minimum absolute atomic E-state index is 0.0443. The predicted octanol–water partition coefficient (Wildman–Crippen LogP) is 6.18. The quantitative estimate of drug-likeness (QED) is 0.295. The molecule has 0 amide bonds. The first-order chi connectivity index (χ1) is 16.0. The molecule has 4 rings (SSSR count). The van der Waals surface area contributed by atoms with Crippen LogP contribution in [0, 0.1) is 17.5 Å². The van der Waals surface area contributed by atoms with E-state index in [1.807, 2.05) is 13.0 Å². The van der Waals surface area contributed by atoms with Crippen LogP contribution < -0.4 is 0 Å². The lowest BCUT2D eigenvalue weighted by atomic mass is 9.83. The summed E-state index contributed by atoms with van der Waals surface area (Å²) < 4.78 is 65.1. The zero-order valence-corrected chi connectivity index (χ0v) is 19.6. The maximum Gasteiger partial charge on any atom is 0.330 e. The predicted molar refractivity (Wildman–Crippen MR) is 123 cm³/mol. The summed E-state index contributed by atoms with van der Waals surface area (Å²) in [6, 6.07) is 5.93. The molecule has 34 heavy (non-hydrogen) atoms. The minimum atomic E-state index is -1.61. The third-order valence-electron chi connectivity index (χ3n) is 6.44. The largest absolute Gasteiger partial charge is 0.466 e. The van der Waals surface area contributed by atoms with E-state index < -0.39 is 29.3 Å². The number of carbonyl (C=O) groups excluding carboxylic acids is 1. The molecule has 180 valence electrons. The van der Waals surface area contributed by atoms with Gasteiger partial charge in [0.1, 0.15) is 23.1 Å². The summed E-state index contributed by atoms with van der Waals surface area (Å²) in [6.45, 7) is 4.68. The summed E-state index contributed by atoms with van der Waals surface area (Å²) in [6.07, 6.45) is 3.13. The van der Waals surface area contributed by atoms with Crippen molar-refractivity contribution < 1.29 is 27.1 Å². The van der Waals surface area contributed by atoms with Gasteiger partial charge in [-0.25, -0.2) is 22.4 Å². The van der Waals surface area contributed by atoms with Crippen molar-refractivity contribution in [1.29, 1.82) is 0 Å². The van der Waals surface area contributed by atoms with Crippen molar-refractivity contribution in [1.82, 2.24) is 4.90 Å². The second-order valence-electron chi connectivity index (χ2n) is 9.56. The van der Waals surface area contributed by atoms with E-state index in [-0.39, 0.29) is 29.5 Å². The second kappa shape index (κ2) is 9.02. The summed E-state index contributed by atoms with van der Waals surface area (Å²) in [5.41, 5.74) is 1.03. The minimum Gasteiger partial charge on any atom is -0.466 e. The van der Waals surface area contributed by atoms with E-state index in [0.29, 0.717) is 24.0 Å². The highest BCUT2D eigenvalue weighted by molar-refractivity contribution is 5.87. The second-order valence-corrected chi connectivity index (χ2v) is 9.56. The number of benzene rings is 2. The zero-order valence-electron chi connectivity index (χ0n) is 19.6. The number of carbonyl (C=O) groups is 1. The molecule has 0 unspecified atom stereocenters. The standard InChI is InChI=1S/C27H27F4NO2/c1-15-10-18-19(13-17-6-5-7-20(28)24(17)18)26(32(15)14-27(2,3)31)25-21(29)11-16(12-22(25)30)8-9-23(33)34-4/h5-9,11-12,15,26H,10,13-14H2,1-4H3/b9-8+/t15-,26+/m0/s1. The Morgan fingerprint density at radius 1 is 1.18 bits per heavy atom. The van der Waals surface area contributed by atoms with Gasteiger partial charge in [0, 0.05) is 29.8 Å². The fourth-order valence-corrected chi connectivity index (χ4v) is 5.10. The van der Waals surface area contributed by atoms with Crippen LogP contribution in [0.25, 0.3) is 11.6 Å². The molecule has 0 aromatic heterocycles. The number of fused-ring (bicyclic) bond motifs is 2. The van der Waals surface area contributed by atoms with Gasteiger partial charge in [0.2, 0.25) is 0 Å².